The second kappa shape index (κ2) is 5.44. The van der Waals surface area contributed by atoms with Gasteiger partial charge in [0.2, 0.25) is 0 Å². The minimum Gasteiger partial charge on any atom is -0.369 e. The molecule has 0 radical (unpaired) electrons. The highest BCUT2D eigenvalue weighted by Crippen LogP contribution is 2.34. The summed E-state index contributed by atoms with van der Waals surface area (Å²) in [6.45, 7) is 7.33. The van der Waals surface area contributed by atoms with Gasteiger partial charge in [0.1, 0.15) is 16.3 Å². The van der Waals surface area contributed by atoms with Gasteiger partial charge in [-0.2, -0.15) is 0 Å². The van der Waals surface area contributed by atoms with Gasteiger partial charge in [0.25, 0.3) is 0 Å². The standard InChI is InChI=1S/C15H19N5S/c1-5-6-17-14-12-9(2)10(3)21-15(12)19-13(18-14)11-7-16-8-20(11)4/h7-8H,5-6H2,1-4H3,(H,17,18,19). The van der Waals surface area contributed by atoms with Gasteiger partial charge in [0.05, 0.1) is 17.9 Å². The summed E-state index contributed by atoms with van der Waals surface area (Å²) in [4.78, 5) is 16.0. The molecule has 0 aromatic carbocycles. The lowest BCUT2D eigenvalue weighted by atomic mass is 10.2. The number of nitrogens with one attached hydrogen (secondary N) is 1. The molecule has 5 nitrogen and oxygen atoms in total. The number of hydrogen-bond donors (Lipinski definition) is 1. The van der Waals surface area contributed by atoms with E-state index < -0.39 is 0 Å². The van der Waals surface area contributed by atoms with E-state index >= 15 is 0 Å². The minimum absolute atomic E-state index is 0.724. The average Bonchev–Trinajstić information content (AvgIpc) is 3.01. The second-order valence-corrected chi connectivity index (χ2v) is 6.38. The molecule has 0 aliphatic heterocycles. The van der Waals surface area contributed by atoms with E-state index in [1.165, 1.54) is 10.4 Å². The zero-order valence-corrected chi connectivity index (χ0v) is 13.6. The first-order valence-electron chi connectivity index (χ1n) is 7.10. The predicted octanol–water partition coefficient (Wildman–Crippen LogP) is 3.53. The monoisotopic (exact) mass is 301 g/mol. The summed E-state index contributed by atoms with van der Waals surface area (Å²) in [5.41, 5.74) is 2.20. The molecule has 0 aliphatic carbocycles. The van der Waals surface area contributed by atoms with Crippen LogP contribution in [0.15, 0.2) is 12.5 Å². The molecule has 6 heteroatoms. The van der Waals surface area contributed by atoms with Gasteiger partial charge in [-0.25, -0.2) is 15.0 Å². The number of imidazole rings is 1. The van der Waals surface area contributed by atoms with Gasteiger partial charge in [0.15, 0.2) is 5.82 Å². The number of fused-ring (bicyclic) bond motifs is 1. The van der Waals surface area contributed by atoms with Crippen LogP contribution in [0.4, 0.5) is 5.82 Å². The fourth-order valence-corrected chi connectivity index (χ4v) is 3.34. The Morgan fingerprint density at radius 2 is 2.10 bits per heavy atom. The molecule has 0 fully saturated rings. The molecule has 21 heavy (non-hydrogen) atoms. The van der Waals surface area contributed by atoms with Crippen LogP contribution in [0, 0.1) is 13.8 Å². The highest BCUT2D eigenvalue weighted by Gasteiger charge is 2.16. The van der Waals surface area contributed by atoms with Crippen molar-refractivity contribution in [2.75, 3.05) is 11.9 Å². The number of rotatable bonds is 4. The number of hydrogen-bond acceptors (Lipinski definition) is 5. The van der Waals surface area contributed by atoms with E-state index in [0.29, 0.717) is 0 Å². The Balaban J connectivity index is 2.22. The summed E-state index contributed by atoms with van der Waals surface area (Å²) in [6.07, 6.45) is 4.64. The van der Waals surface area contributed by atoms with Crippen molar-refractivity contribution in [1.82, 2.24) is 19.5 Å². The van der Waals surface area contributed by atoms with E-state index in [4.69, 9.17) is 9.97 Å². The Bertz CT molecular complexity index is 787. The van der Waals surface area contributed by atoms with Crippen molar-refractivity contribution in [3.8, 4) is 11.5 Å². The van der Waals surface area contributed by atoms with Gasteiger partial charge in [-0.15, -0.1) is 11.3 Å². The number of aromatic nitrogens is 4. The van der Waals surface area contributed by atoms with E-state index in [9.17, 15) is 0 Å². The van der Waals surface area contributed by atoms with Gasteiger partial charge in [0, 0.05) is 18.5 Å². The van der Waals surface area contributed by atoms with Crippen LogP contribution in [0.25, 0.3) is 21.7 Å². The Kier molecular flexibility index (Phi) is 3.63. The summed E-state index contributed by atoms with van der Waals surface area (Å²) in [6, 6.07) is 0. The first-order chi connectivity index (χ1) is 10.1. The van der Waals surface area contributed by atoms with Gasteiger partial charge in [-0.3, -0.25) is 0 Å². The maximum Gasteiger partial charge on any atom is 0.181 e. The Morgan fingerprint density at radius 3 is 2.76 bits per heavy atom. The van der Waals surface area contributed by atoms with E-state index in [-0.39, 0.29) is 0 Å². The van der Waals surface area contributed by atoms with Crippen LogP contribution in [0.5, 0.6) is 0 Å². The van der Waals surface area contributed by atoms with Crippen molar-refractivity contribution in [3.63, 3.8) is 0 Å². The molecule has 3 aromatic heterocycles. The molecule has 0 saturated heterocycles. The predicted molar refractivity (Wildman–Crippen MR) is 87.9 cm³/mol. The maximum atomic E-state index is 4.74. The molecule has 0 atom stereocenters. The highest BCUT2D eigenvalue weighted by atomic mass is 32.1. The van der Waals surface area contributed by atoms with Crippen molar-refractivity contribution < 1.29 is 0 Å². The van der Waals surface area contributed by atoms with Crippen LogP contribution < -0.4 is 5.32 Å². The molecule has 0 bridgehead atoms. The fourth-order valence-electron chi connectivity index (χ4n) is 2.31. The molecular formula is C15H19N5S. The number of nitrogens with zero attached hydrogens (tertiary/aromatic N) is 4. The third-order valence-corrected chi connectivity index (χ3v) is 4.72. The molecule has 0 saturated carbocycles. The van der Waals surface area contributed by atoms with Crippen LogP contribution in [0.3, 0.4) is 0 Å². The summed E-state index contributed by atoms with van der Waals surface area (Å²) in [5, 5.41) is 4.59. The topological polar surface area (TPSA) is 55.6 Å². The van der Waals surface area contributed by atoms with Crippen molar-refractivity contribution >= 4 is 27.4 Å². The Labute approximate surface area is 128 Å². The summed E-state index contributed by atoms with van der Waals surface area (Å²) >= 11 is 1.72. The van der Waals surface area contributed by atoms with Gasteiger partial charge in [-0.05, 0) is 25.8 Å². The van der Waals surface area contributed by atoms with Crippen molar-refractivity contribution in [1.29, 1.82) is 0 Å². The van der Waals surface area contributed by atoms with Crippen molar-refractivity contribution in [3.05, 3.63) is 23.0 Å². The van der Waals surface area contributed by atoms with Crippen LogP contribution in [0.2, 0.25) is 0 Å². The SMILES string of the molecule is CCCNc1nc(-c2cncn2C)nc2sc(C)c(C)c12. The molecule has 3 aromatic rings. The second-order valence-electron chi connectivity index (χ2n) is 5.18. The number of anilines is 1. The number of aryl methyl sites for hydroxylation is 3. The summed E-state index contributed by atoms with van der Waals surface area (Å²) in [5.74, 6) is 1.65. The van der Waals surface area contributed by atoms with E-state index in [0.717, 1.165) is 40.5 Å². The smallest absolute Gasteiger partial charge is 0.181 e. The normalized spacial score (nSPS) is 11.2. The average molecular weight is 301 g/mol. The molecule has 0 amide bonds. The zero-order chi connectivity index (χ0) is 15.0. The van der Waals surface area contributed by atoms with Crippen molar-refractivity contribution in [2.45, 2.75) is 27.2 Å². The lowest BCUT2D eigenvalue weighted by molar-refractivity contribution is 0.909. The van der Waals surface area contributed by atoms with E-state index in [1.54, 1.807) is 23.9 Å². The van der Waals surface area contributed by atoms with E-state index in [1.807, 2.05) is 11.6 Å². The van der Waals surface area contributed by atoms with Gasteiger partial charge in [-0.1, -0.05) is 6.92 Å². The molecule has 3 rings (SSSR count). The first kappa shape index (κ1) is 14.0. The van der Waals surface area contributed by atoms with Gasteiger partial charge >= 0.3 is 0 Å². The molecular weight excluding hydrogens is 282 g/mol. The summed E-state index contributed by atoms with van der Waals surface area (Å²) < 4.78 is 1.94. The molecule has 3 heterocycles. The first-order valence-corrected chi connectivity index (χ1v) is 7.91. The lowest BCUT2D eigenvalue weighted by Crippen LogP contribution is -2.05. The van der Waals surface area contributed by atoms with Crippen LogP contribution in [0.1, 0.15) is 23.8 Å². The van der Waals surface area contributed by atoms with Crippen molar-refractivity contribution in [2.24, 2.45) is 7.05 Å². The third-order valence-electron chi connectivity index (χ3n) is 3.62. The third kappa shape index (κ3) is 2.40. The Morgan fingerprint density at radius 1 is 1.29 bits per heavy atom. The molecule has 110 valence electrons. The fraction of sp³-hybridized carbons (Fsp3) is 0.400. The minimum atomic E-state index is 0.724. The molecule has 0 unspecified atom stereocenters. The molecule has 0 aliphatic rings. The lowest BCUT2D eigenvalue weighted by Gasteiger charge is -2.09. The van der Waals surface area contributed by atoms with E-state index in [2.05, 4.69) is 31.1 Å². The zero-order valence-electron chi connectivity index (χ0n) is 12.8. The van der Waals surface area contributed by atoms with Crippen LogP contribution in [-0.4, -0.2) is 26.1 Å². The maximum absolute atomic E-state index is 4.74. The molecule has 1 N–H and O–H groups in total. The highest BCUT2D eigenvalue weighted by molar-refractivity contribution is 7.18. The van der Waals surface area contributed by atoms with Crippen LogP contribution in [-0.2, 0) is 7.05 Å². The quantitative estimate of drug-likeness (QED) is 0.801. The van der Waals surface area contributed by atoms with Crippen LogP contribution >= 0.6 is 11.3 Å². The van der Waals surface area contributed by atoms with Gasteiger partial charge < -0.3 is 9.88 Å². The Hall–Kier alpha value is -1.95. The number of thiophene rings is 1. The molecule has 0 spiro atoms. The largest absolute Gasteiger partial charge is 0.369 e. The summed E-state index contributed by atoms with van der Waals surface area (Å²) in [7, 11) is 1.96.